The zero-order valence-electron chi connectivity index (χ0n) is 25.8. The molecule has 0 aliphatic heterocycles. The maximum atomic E-state index is 11.1. The Morgan fingerprint density at radius 1 is 0.773 bits per heavy atom. The Bertz CT molecular complexity index is 1470. The topological polar surface area (TPSA) is 118 Å². The van der Waals surface area contributed by atoms with Crippen molar-refractivity contribution in [3.05, 3.63) is 113 Å². The second-order valence-electron chi connectivity index (χ2n) is 11.4. The number of hydrogen-bond donors (Lipinski definition) is 4. The van der Waals surface area contributed by atoms with Crippen molar-refractivity contribution in [1.29, 1.82) is 0 Å². The van der Waals surface area contributed by atoms with Crippen LogP contribution in [0, 0.1) is 13.8 Å². The predicted octanol–water partition coefficient (Wildman–Crippen LogP) is 7.55. The third-order valence-corrected chi connectivity index (χ3v) is 8.15. The van der Waals surface area contributed by atoms with E-state index >= 15 is 0 Å². The van der Waals surface area contributed by atoms with Crippen LogP contribution in [0.15, 0.2) is 78.9 Å². The molecule has 44 heavy (non-hydrogen) atoms. The molecule has 0 radical (unpaired) electrons. The summed E-state index contributed by atoms with van der Waals surface area (Å²) in [6.45, 7) is 8.54. The van der Waals surface area contributed by atoms with Crippen LogP contribution in [-0.4, -0.2) is 21.2 Å². The van der Waals surface area contributed by atoms with Crippen LogP contribution < -0.4 is 15.7 Å². The molecule has 2 unspecified atom stereocenters. The zero-order valence-corrected chi connectivity index (χ0v) is 26.8. The molecule has 7 nitrogen and oxygen atoms in total. The number of aryl methyl sites for hydroxylation is 2. The van der Waals surface area contributed by atoms with Gasteiger partial charge in [-0.2, -0.15) is 0 Å². The number of para-hydroxylation sites is 2. The van der Waals surface area contributed by atoms with Gasteiger partial charge in [0.15, 0.2) is 11.5 Å². The molecule has 1 aliphatic carbocycles. The van der Waals surface area contributed by atoms with Gasteiger partial charge in [0.25, 0.3) is 0 Å². The molecule has 8 heteroatoms. The molecule has 1 fully saturated rings. The van der Waals surface area contributed by atoms with Gasteiger partial charge in [0.05, 0.1) is 29.4 Å². The number of aromatic hydroxyl groups is 2. The molecule has 3 aromatic carbocycles. The summed E-state index contributed by atoms with van der Waals surface area (Å²) in [7, 11) is 0. The van der Waals surface area contributed by atoms with Crippen LogP contribution >= 0.6 is 0 Å². The summed E-state index contributed by atoms with van der Waals surface area (Å²) < 4.78 is 0. The van der Waals surface area contributed by atoms with E-state index in [1.807, 2.05) is 0 Å². The van der Waals surface area contributed by atoms with Gasteiger partial charge < -0.3 is 30.7 Å². The van der Waals surface area contributed by atoms with Crippen LogP contribution in [0.5, 0.6) is 11.5 Å². The minimum atomic E-state index is -1.43. The molecule has 0 amide bonds. The van der Waals surface area contributed by atoms with Crippen LogP contribution in [-0.2, 0) is 16.8 Å². The Kier molecular flexibility index (Phi) is 12.7. The summed E-state index contributed by atoms with van der Waals surface area (Å²) in [5.74, 6) is -2.28. The smallest absolute Gasteiger partial charge is 0.545 e. The maximum Gasteiger partial charge on any atom is 1.00 e. The minimum Gasteiger partial charge on any atom is -0.545 e. The van der Waals surface area contributed by atoms with Crippen LogP contribution in [0.25, 0.3) is 0 Å². The van der Waals surface area contributed by atoms with Crippen LogP contribution in [0.2, 0.25) is 0 Å². The van der Waals surface area contributed by atoms with Crippen molar-refractivity contribution in [2.75, 3.05) is 10.6 Å². The number of nitrogens with zero attached hydrogens (tertiary/aromatic N) is 1. The molecule has 0 bridgehead atoms. The van der Waals surface area contributed by atoms with Gasteiger partial charge in [0, 0.05) is 16.9 Å². The Labute approximate surface area is 271 Å². The maximum absolute atomic E-state index is 11.1. The summed E-state index contributed by atoms with van der Waals surface area (Å²) in [4.78, 5) is 16.0. The zero-order chi connectivity index (χ0) is 30.9. The third-order valence-electron chi connectivity index (χ3n) is 8.15. The standard InChI is InChI=1S/C23H27N3.C13H16O4.Co/c1-16-10-5-7-12-20(16)24-18(3)22-14-9-15-23(26-22)19(4)25-21-13-8-6-11-17(21)2;14-10-7-6-9(8-4-2-1-3-5-8)11(12(10)15)13(16)17;/h5-15,18-19,24-25H,1-4H3;6-8,14-15H,1-5H2,(H,16,17);/q;;+1/p-1. The number of benzene rings is 3. The Morgan fingerprint density at radius 3 is 1.75 bits per heavy atom. The van der Waals surface area contributed by atoms with E-state index in [2.05, 4.69) is 105 Å². The number of nitrogens with one attached hydrogen (secondary N) is 2. The first-order valence-electron chi connectivity index (χ1n) is 15.0. The third kappa shape index (κ3) is 8.77. The molecule has 4 aromatic rings. The number of rotatable bonds is 8. The number of carbonyl (C=O) groups excluding carboxylic acids is 1. The number of pyridine rings is 1. The van der Waals surface area contributed by atoms with Gasteiger partial charge in [-0.05, 0) is 93.5 Å². The van der Waals surface area contributed by atoms with Gasteiger partial charge in [0.2, 0.25) is 0 Å². The summed E-state index contributed by atoms with van der Waals surface area (Å²) in [6.07, 6.45) is 5.15. The number of phenols is 2. The molecular weight excluding hydrogens is 597 g/mol. The van der Waals surface area contributed by atoms with Gasteiger partial charge in [-0.25, -0.2) is 0 Å². The Hall–Kier alpha value is -4.01. The minimum absolute atomic E-state index is 0. The van der Waals surface area contributed by atoms with Gasteiger partial charge in [0.1, 0.15) is 0 Å². The number of hydrogen-bond acceptors (Lipinski definition) is 7. The quantitative estimate of drug-likeness (QED) is 0.147. The molecule has 2 atom stereocenters. The molecule has 1 aliphatic rings. The number of phenolic OH excluding ortho intramolecular Hbond substituents is 1. The Morgan fingerprint density at radius 2 is 1.27 bits per heavy atom. The number of aromatic carboxylic acids is 1. The summed E-state index contributed by atoms with van der Waals surface area (Å²) in [6, 6.07) is 26.1. The van der Waals surface area contributed by atoms with Gasteiger partial charge in [-0.1, -0.05) is 67.8 Å². The van der Waals surface area contributed by atoms with Crippen molar-refractivity contribution in [2.24, 2.45) is 0 Å². The van der Waals surface area contributed by atoms with Crippen molar-refractivity contribution in [2.45, 2.75) is 77.8 Å². The molecule has 1 saturated carbocycles. The number of carbonyl (C=O) groups is 1. The van der Waals surface area contributed by atoms with Crippen LogP contribution in [0.3, 0.4) is 0 Å². The first-order valence-corrected chi connectivity index (χ1v) is 15.0. The van der Waals surface area contributed by atoms with E-state index in [0.29, 0.717) is 5.56 Å². The molecule has 1 heterocycles. The number of aromatic nitrogens is 1. The van der Waals surface area contributed by atoms with Gasteiger partial charge in [-0.15, -0.1) is 0 Å². The fraction of sp³-hybridized carbons (Fsp3) is 0.333. The number of anilines is 2. The van der Waals surface area contributed by atoms with Crippen molar-refractivity contribution < 1.29 is 36.9 Å². The average molecular weight is 640 g/mol. The monoisotopic (exact) mass is 639 g/mol. The van der Waals surface area contributed by atoms with E-state index < -0.39 is 17.5 Å². The van der Waals surface area contributed by atoms with Crippen LogP contribution in [0.1, 0.15) is 102 Å². The van der Waals surface area contributed by atoms with Crippen molar-refractivity contribution >= 4 is 17.3 Å². The summed E-state index contributed by atoms with van der Waals surface area (Å²) in [5, 5.41) is 37.1. The predicted molar refractivity (Wildman–Crippen MR) is 171 cm³/mol. The van der Waals surface area contributed by atoms with E-state index in [4.69, 9.17) is 4.98 Å². The largest absolute Gasteiger partial charge is 1.00 e. The second kappa shape index (κ2) is 16.2. The van der Waals surface area contributed by atoms with E-state index in [1.165, 1.54) is 23.6 Å². The fourth-order valence-corrected chi connectivity index (χ4v) is 5.60. The van der Waals surface area contributed by atoms with E-state index in [1.54, 1.807) is 6.07 Å². The molecule has 4 N–H and O–H groups in total. The van der Waals surface area contributed by atoms with Crippen molar-refractivity contribution in [3.8, 4) is 11.5 Å². The van der Waals surface area contributed by atoms with Crippen molar-refractivity contribution in [3.63, 3.8) is 0 Å². The Balaban J connectivity index is 0.000000256. The fourth-order valence-electron chi connectivity index (χ4n) is 5.60. The van der Waals surface area contributed by atoms with Gasteiger partial charge >= 0.3 is 16.8 Å². The SMILES string of the molecule is Cc1ccccc1NC(C)c1cccc(C(C)Nc2ccccc2C)n1.O=C([O-])c1c(C2CCCCC2)ccc(O)c1O.[Co+]. The number of carboxylic acids is 1. The molecule has 1 aromatic heterocycles. The van der Waals surface area contributed by atoms with E-state index in [-0.39, 0.29) is 40.3 Å². The first kappa shape index (κ1) is 34.5. The van der Waals surface area contributed by atoms with E-state index in [0.717, 1.165) is 48.4 Å². The normalized spacial score (nSPS) is 14.3. The van der Waals surface area contributed by atoms with Crippen LogP contribution in [0.4, 0.5) is 11.4 Å². The molecule has 234 valence electrons. The second-order valence-corrected chi connectivity index (χ2v) is 11.4. The molecule has 5 rings (SSSR count). The number of carboxylic acid groups (broad SMARTS) is 1. The average Bonchev–Trinajstić information content (AvgIpc) is 3.01. The summed E-state index contributed by atoms with van der Waals surface area (Å²) >= 11 is 0. The molecule has 0 saturated heterocycles. The van der Waals surface area contributed by atoms with E-state index in [9.17, 15) is 20.1 Å². The molecule has 0 spiro atoms. The molecular formula is C36H42CoN3O4. The van der Waals surface area contributed by atoms with Gasteiger partial charge in [-0.3, -0.25) is 4.98 Å². The van der Waals surface area contributed by atoms with Crippen molar-refractivity contribution in [1.82, 2.24) is 4.98 Å². The first-order chi connectivity index (χ1) is 20.7. The summed E-state index contributed by atoms with van der Waals surface area (Å²) in [5.41, 5.74) is 7.21.